The Bertz CT molecular complexity index is 762. The highest BCUT2D eigenvalue weighted by molar-refractivity contribution is 5.88. The Labute approximate surface area is 137 Å². The largest absolute Gasteiger partial charge is 0.381 e. The molecule has 24 heavy (non-hydrogen) atoms. The molecule has 1 aromatic carbocycles. The molecule has 0 radical (unpaired) electrons. The summed E-state index contributed by atoms with van der Waals surface area (Å²) in [4.78, 5) is 14.8. The number of hydrogen-bond donors (Lipinski definition) is 1. The molecule has 0 aliphatic carbocycles. The number of methoxy groups -OCH3 is 1. The van der Waals surface area contributed by atoms with Crippen molar-refractivity contribution in [1.82, 2.24) is 4.98 Å². The number of anilines is 1. The van der Waals surface area contributed by atoms with E-state index in [4.69, 9.17) is 9.47 Å². The van der Waals surface area contributed by atoms with E-state index < -0.39 is 10.7 Å². The molecular weight excluding hydrogens is 317 g/mol. The van der Waals surface area contributed by atoms with Crippen molar-refractivity contribution < 1.29 is 18.8 Å². The predicted molar refractivity (Wildman–Crippen MR) is 86.6 cm³/mol. The van der Waals surface area contributed by atoms with Crippen molar-refractivity contribution in [2.24, 2.45) is 0 Å². The number of ether oxygens (including phenoxy) is 2. The van der Waals surface area contributed by atoms with Crippen molar-refractivity contribution in [2.45, 2.75) is 18.4 Å². The van der Waals surface area contributed by atoms with Gasteiger partial charge in [-0.15, -0.1) is 0 Å². The third-order valence-electron chi connectivity index (χ3n) is 4.36. The highest BCUT2D eigenvalue weighted by Gasteiger charge is 2.32. The van der Waals surface area contributed by atoms with E-state index in [2.05, 4.69) is 10.3 Å². The number of fused-ring (bicyclic) bond motifs is 1. The summed E-state index contributed by atoms with van der Waals surface area (Å²) in [6, 6.07) is 5.40. The van der Waals surface area contributed by atoms with E-state index >= 15 is 0 Å². The van der Waals surface area contributed by atoms with Gasteiger partial charge in [-0.05, 0) is 18.2 Å². The number of rotatable bonds is 5. The minimum Gasteiger partial charge on any atom is -0.381 e. The molecule has 2 heterocycles. The standard InChI is InChI=1S/C16H18FN3O4/c1-23-16(4-6-24-7-5-16)10-18-14-3-2-11-8-12(17)9-13(20(21)22)15(11)19-14/h2-3,8-9H,4-7,10H2,1H3,(H,18,19). The van der Waals surface area contributed by atoms with Gasteiger partial charge >= 0.3 is 0 Å². The minimum absolute atomic E-state index is 0.157. The zero-order valence-electron chi connectivity index (χ0n) is 13.3. The lowest BCUT2D eigenvalue weighted by molar-refractivity contribution is -0.383. The molecule has 0 spiro atoms. The molecule has 2 aromatic rings. The van der Waals surface area contributed by atoms with Gasteiger partial charge in [0.05, 0.1) is 16.6 Å². The highest BCUT2D eigenvalue weighted by Crippen LogP contribution is 2.28. The van der Waals surface area contributed by atoms with E-state index in [-0.39, 0.29) is 16.8 Å². The average Bonchev–Trinajstić information content (AvgIpc) is 2.60. The van der Waals surface area contributed by atoms with E-state index in [1.807, 2.05) is 0 Å². The van der Waals surface area contributed by atoms with Gasteiger partial charge in [-0.2, -0.15) is 0 Å². The summed E-state index contributed by atoms with van der Waals surface area (Å²) >= 11 is 0. The van der Waals surface area contributed by atoms with Crippen molar-refractivity contribution in [3.05, 3.63) is 40.2 Å². The Morgan fingerprint density at radius 2 is 2.17 bits per heavy atom. The molecule has 8 heteroatoms. The molecular formula is C16H18FN3O4. The van der Waals surface area contributed by atoms with Gasteiger partial charge in [0.25, 0.3) is 5.69 Å². The molecule has 7 nitrogen and oxygen atoms in total. The first-order valence-corrected chi connectivity index (χ1v) is 7.64. The van der Waals surface area contributed by atoms with Crippen LogP contribution >= 0.6 is 0 Å². The molecule has 1 fully saturated rings. The molecule has 0 saturated carbocycles. The lowest BCUT2D eigenvalue weighted by Gasteiger charge is -2.36. The summed E-state index contributed by atoms with van der Waals surface area (Å²) in [5.74, 6) is -0.169. The molecule has 0 unspecified atom stereocenters. The number of nitrogens with one attached hydrogen (secondary N) is 1. The molecule has 1 saturated heterocycles. The van der Waals surface area contributed by atoms with E-state index in [9.17, 15) is 14.5 Å². The van der Waals surface area contributed by atoms with Crippen molar-refractivity contribution >= 4 is 22.4 Å². The number of halogens is 1. The third-order valence-corrected chi connectivity index (χ3v) is 4.36. The van der Waals surface area contributed by atoms with Crippen LogP contribution in [0.1, 0.15) is 12.8 Å². The van der Waals surface area contributed by atoms with Crippen LogP contribution in [-0.4, -0.2) is 42.4 Å². The second kappa shape index (κ2) is 6.66. The normalized spacial score (nSPS) is 16.9. The number of pyridine rings is 1. The Morgan fingerprint density at radius 1 is 1.42 bits per heavy atom. The minimum atomic E-state index is -0.655. The first-order valence-electron chi connectivity index (χ1n) is 7.64. The van der Waals surface area contributed by atoms with E-state index in [0.717, 1.165) is 18.9 Å². The maximum atomic E-state index is 13.5. The van der Waals surface area contributed by atoms with Gasteiger partial charge in [-0.25, -0.2) is 9.37 Å². The van der Waals surface area contributed by atoms with Crippen LogP contribution in [0.25, 0.3) is 10.9 Å². The summed E-state index contributed by atoms with van der Waals surface area (Å²) in [6.45, 7) is 1.77. The molecule has 1 aliphatic rings. The smallest absolute Gasteiger partial charge is 0.298 e. The summed E-state index contributed by atoms with van der Waals surface area (Å²) in [6.07, 6.45) is 1.52. The first kappa shape index (κ1) is 16.5. The van der Waals surface area contributed by atoms with Gasteiger partial charge in [0.15, 0.2) is 5.52 Å². The second-order valence-corrected chi connectivity index (χ2v) is 5.80. The van der Waals surface area contributed by atoms with Crippen molar-refractivity contribution in [1.29, 1.82) is 0 Å². The number of nitro groups is 1. The van der Waals surface area contributed by atoms with Crippen LogP contribution in [0.4, 0.5) is 15.9 Å². The summed E-state index contributed by atoms with van der Waals surface area (Å²) in [5.41, 5.74) is -0.533. The number of nitro benzene ring substituents is 1. The molecule has 3 rings (SSSR count). The Balaban J connectivity index is 1.86. The van der Waals surface area contributed by atoms with Gasteiger partial charge < -0.3 is 14.8 Å². The number of hydrogen-bond acceptors (Lipinski definition) is 6. The molecule has 0 bridgehead atoms. The second-order valence-electron chi connectivity index (χ2n) is 5.80. The lowest BCUT2D eigenvalue weighted by Crippen LogP contribution is -2.44. The van der Waals surface area contributed by atoms with E-state index in [0.29, 0.717) is 31.0 Å². The SMILES string of the molecule is COC1(CNc2ccc3cc(F)cc([N+](=O)[O-])c3n2)CCOCC1. The molecule has 1 aliphatic heterocycles. The van der Waals surface area contributed by atoms with Crippen LogP contribution in [0.3, 0.4) is 0 Å². The van der Waals surface area contributed by atoms with Crippen molar-refractivity contribution in [3.8, 4) is 0 Å². The number of aromatic nitrogens is 1. The van der Waals surface area contributed by atoms with Gasteiger partial charge in [-0.3, -0.25) is 10.1 Å². The average molecular weight is 335 g/mol. The monoisotopic (exact) mass is 335 g/mol. The zero-order chi connectivity index (χ0) is 17.2. The van der Waals surface area contributed by atoms with E-state index in [1.54, 1.807) is 19.2 Å². The molecule has 128 valence electrons. The number of non-ortho nitro benzene ring substituents is 1. The number of benzene rings is 1. The van der Waals surface area contributed by atoms with Crippen LogP contribution in [0.15, 0.2) is 24.3 Å². The summed E-state index contributed by atoms with van der Waals surface area (Å²) < 4.78 is 24.5. The third kappa shape index (κ3) is 3.29. The highest BCUT2D eigenvalue weighted by atomic mass is 19.1. The fourth-order valence-electron chi connectivity index (χ4n) is 2.87. The summed E-state index contributed by atoms with van der Waals surface area (Å²) in [5, 5.41) is 14.7. The van der Waals surface area contributed by atoms with Crippen LogP contribution < -0.4 is 5.32 Å². The molecule has 1 aromatic heterocycles. The Hall–Kier alpha value is -2.32. The van der Waals surface area contributed by atoms with Gasteiger partial charge in [0, 0.05) is 45.1 Å². The maximum Gasteiger partial charge on any atom is 0.298 e. The van der Waals surface area contributed by atoms with Crippen LogP contribution in [-0.2, 0) is 9.47 Å². The van der Waals surface area contributed by atoms with Crippen LogP contribution in [0.2, 0.25) is 0 Å². The van der Waals surface area contributed by atoms with Crippen molar-refractivity contribution in [3.63, 3.8) is 0 Å². The molecule has 1 N–H and O–H groups in total. The summed E-state index contributed by atoms with van der Waals surface area (Å²) in [7, 11) is 1.66. The Kier molecular flexibility index (Phi) is 4.59. The van der Waals surface area contributed by atoms with Gasteiger partial charge in [0.1, 0.15) is 11.6 Å². The molecule has 0 atom stereocenters. The van der Waals surface area contributed by atoms with Crippen molar-refractivity contribution in [2.75, 3.05) is 32.2 Å². The fourth-order valence-corrected chi connectivity index (χ4v) is 2.87. The number of nitrogens with zero attached hydrogens (tertiary/aromatic N) is 2. The van der Waals surface area contributed by atoms with Gasteiger partial charge in [-0.1, -0.05) is 0 Å². The topological polar surface area (TPSA) is 86.5 Å². The van der Waals surface area contributed by atoms with Crippen LogP contribution in [0.5, 0.6) is 0 Å². The Morgan fingerprint density at radius 3 is 2.83 bits per heavy atom. The maximum absolute atomic E-state index is 13.5. The lowest BCUT2D eigenvalue weighted by atomic mass is 9.94. The molecule has 0 amide bonds. The fraction of sp³-hybridized carbons (Fsp3) is 0.438. The quantitative estimate of drug-likeness (QED) is 0.668. The predicted octanol–water partition coefficient (Wildman–Crippen LogP) is 2.89. The zero-order valence-corrected chi connectivity index (χ0v) is 13.3. The van der Waals surface area contributed by atoms with Crippen LogP contribution in [0, 0.1) is 15.9 Å². The van der Waals surface area contributed by atoms with E-state index in [1.165, 1.54) is 6.07 Å². The first-order chi connectivity index (χ1) is 11.5. The van der Waals surface area contributed by atoms with Gasteiger partial charge in [0.2, 0.25) is 0 Å².